The van der Waals surface area contributed by atoms with Crippen LogP contribution in [-0.2, 0) is 0 Å². The predicted molar refractivity (Wildman–Crippen MR) is 128 cm³/mol. The molecule has 0 N–H and O–H groups in total. The summed E-state index contributed by atoms with van der Waals surface area (Å²) < 4.78 is 39.0. The van der Waals surface area contributed by atoms with Crippen molar-refractivity contribution in [1.29, 1.82) is 0 Å². The molecule has 0 aliphatic carbocycles. The molecule has 178 valence electrons. The van der Waals surface area contributed by atoms with E-state index in [1.807, 2.05) is 37.3 Å². The van der Waals surface area contributed by atoms with Gasteiger partial charge in [0.05, 0.1) is 18.5 Å². The molecule has 0 saturated carbocycles. The molecular formula is C27H39F2NO2. The minimum Gasteiger partial charge on any atom is -0.494 e. The van der Waals surface area contributed by atoms with Gasteiger partial charge in [-0.3, -0.25) is 4.98 Å². The molecule has 2 rings (SSSR count). The van der Waals surface area contributed by atoms with Gasteiger partial charge < -0.3 is 9.47 Å². The van der Waals surface area contributed by atoms with Crippen LogP contribution in [0.2, 0.25) is 0 Å². The Balaban J connectivity index is 1.73. The highest BCUT2D eigenvalue weighted by atomic mass is 19.2. The van der Waals surface area contributed by atoms with Crippen LogP contribution in [0.5, 0.6) is 11.5 Å². The van der Waals surface area contributed by atoms with Gasteiger partial charge in [-0.25, -0.2) is 8.78 Å². The van der Waals surface area contributed by atoms with Gasteiger partial charge in [-0.05, 0) is 49.2 Å². The topological polar surface area (TPSA) is 31.4 Å². The summed E-state index contributed by atoms with van der Waals surface area (Å²) in [5.74, 6) is 1.30. The second-order valence-electron chi connectivity index (χ2n) is 8.36. The Morgan fingerprint density at radius 3 is 2.06 bits per heavy atom. The zero-order chi connectivity index (χ0) is 23.0. The number of alkyl halides is 2. The second-order valence-corrected chi connectivity index (χ2v) is 8.36. The Hall–Kier alpha value is -2.17. The van der Waals surface area contributed by atoms with Crippen molar-refractivity contribution in [3.8, 4) is 22.8 Å². The molecule has 0 bridgehead atoms. The van der Waals surface area contributed by atoms with Crippen LogP contribution in [0.1, 0.15) is 78.1 Å². The minimum absolute atomic E-state index is 0.244. The molecule has 0 radical (unpaired) electrons. The van der Waals surface area contributed by atoms with Crippen LogP contribution in [0.4, 0.5) is 8.78 Å². The Morgan fingerprint density at radius 1 is 0.719 bits per heavy atom. The third-order valence-corrected chi connectivity index (χ3v) is 5.54. The van der Waals surface area contributed by atoms with Crippen LogP contribution in [-0.4, -0.2) is 30.5 Å². The van der Waals surface area contributed by atoms with Crippen LogP contribution < -0.4 is 9.47 Å². The lowest BCUT2D eigenvalue weighted by molar-refractivity contribution is 0.101. The monoisotopic (exact) mass is 447 g/mol. The maximum atomic E-state index is 13.9. The highest BCUT2D eigenvalue weighted by Gasteiger charge is 2.20. The molecule has 1 aromatic carbocycles. The van der Waals surface area contributed by atoms with Gasteiger partial charge in [0.15, 0.2) is 6.17 Å². The average molecular weight is 448 g/mol. The fourth-order valence-corrected chi connectivity index (χ4v) is 3.48. The molecule has 2 aromatic rings. The van der Waals surface area contributed by atoms with Crippen molar-refractivity contribution in [2.24, 2.45) is 0 Å². The summed E-state index contributed by atoms with van der Waals surface area (Å²) in [6.45, 7) is 4.71. The molecule has 32 heavy (non-hydrogen) atoms. The van der Waals surface area contributed by atoms with Crippen molar-refractivity contribution >= 4 is 0 Å². The normalized spacial score (nSPS) is 13.0. The van der Waals surface area contributed by atoms with Gasteiger partial charge in [0.2, 0.25) is 0 Å². The van der Waals surface area contributed by atoms with E-state index in [0.29, 0.717) is 12.2 Å². The molecule has 0 saturated heterocycles. The summed E-state index contributed by atoms with van der Waals surface area (Å²) in [7, 11) is 0. The van der Waals surface area contributed by atoms with E-state index >= 15 is 0 Å². The fourth-order valence-electron chi connectivity index (χ4n) is 3.48. The summed E-state index contributed by atoms with van der Waals surface area (Å²) in [4.78, 5) is 4.39. The molecule has 0 aliphatic heterocycles. The molecule has 2 atom stereocenters. The van der Waals surface area contributed by atoms with E-state index in [0.717, 1.165) is 42.9 Å². The van der Waals surface area contributed by atoms with Crippen LogP contribution in [0.25, 0.3) is 11.3 Å². The zero-order valence-electron chi connectivity index (χ0n) is 19.7. The maximum Gasteiger partial charge on any atom is 0.165 e. The second kappa shape index (κ2) is 15.6. The molecule has 1 heterocycles. The quantitative estimate of drug-likeness (QED) is 0.229. The third-order valence-electron chi connectivity index (χ3n) is 5.54. The number of halogens is 2. The van der Waals surface area contributed by atoms with E-state index in [1.165, 1.54) is 32.1 Å². The standard InChI is InChI=1S/C27H39F2NO2/c1-3-5-7-8-9-11-19-31-23-15-13-22(14-16-23)27-18-17-24(20-30-27)32-21-26(29)25(28)12-10-6-4-2/h13-18,20,25-26H,3-12,19,21H2,1-2H3/t25-,26-/m0/s1. The van der Waals surface area contributed by atoms with Gasteiger partial charge in [0.1, 0.15) is 24.3 Å². The van der Waals surface area contributed by atoms with Crippen LogP contribution in [0.3, 0.4) is 0 Å². The SMILES string of the molecule is CCCCCCCCOc1ccc(-c2ccc(OC[C@H](F)[C@@H](F)CCCCC)cn2)cc1. The van der Waals surface area contributed by atoms with Crippen molar-refractivity contribution in [2.45, 2.75) is 90.4 Å². The summed E-state index contributed by atoms with van der Waals surface area (Å²) in [6, 6.07) is 11.4. The number of benzene rings is 1. The summed E-state index contributed by atoms with van der Waals surface area (Å²) in [6.07, 6.45) is 8.79. The first-order valence-electron chi connectivity index (χ1n) is 12.2. The van der Waals surface area contributed by atoms with E-state index < -0.39 is 12.3 Å². The van der Waals surface area contributed by atoms with Gasteiger partial charge >= 0.3 is 0 Å². The van der Waals surface area contributed by atoms with E-state index in [1.54, 1.807) is 12.3 Å². The first-order valence-corrected chi connectivity index (χ1v) is 12.2. The highest BCUT2D eigenvalue weighted by molar-refractivity contribution is 5.60. The molecule has 0 spiro atoms. The highest BCUT2D eigenvalue weighted by Crippen LogP contribution is 2.23. The first-order chi connectivity index (χ1) is 15.6. The number of nitrogens with zero attached hydrogens (tertiary/aromatic N) is 1. The van der Waals surface area contributed by atoms with Crippen LogP contribution >= 0.6 is 0 Å². The van der Waals surface area contributed by atoms with Gasteiger partial charge in [0.25, 0.3) is 0 Å². The molecular weight excluding hydrogens is 408 g/mol. The number of pyridine rings is 1. The van der Waals surface area contributed by atoms with Gasteiger partial charge in [-0.1, -0.05) is 65.2 Å². The van der Waals surface area contributed by atoms with Crippen LogP contribution in [0.15, 0.2) is 42.6 Å². The van der Waals surface area contributed by atoms with Crippen molar-refractivity contribution in [1.82, 2.24) is 4.98 Å². The Labute approximate surface area is 192 Å². The van der Waals surface area contributed by atoms with Crippen LogP contribution in [0, 0.1) is 0 Å². The van der Waals surface area contributed by atoms with Crippen molar-refractivity contribution in [3.63, 3.8) is 0 Å². The fraction of sp³-hybridized carbons (Fsp3) is 0.593. The van der Waals surface area contributed by atoms with Gasteiger partial charge in [-0.15, -0.1) is 0 Å². The molecule has 0 fully saturated rings. The summed E-state index contributed by atoms with van der Waals surface area (Å²) in [5, 5.41) is 0. The molecule has 1 aromatic heterocycles. The number of ether oxygens (including phenoxy) is 2. The van der Waals surface area contributed by atoms with E-state index in [4.69, 9.17) is 9.47 Å². The zero-order valence-corrected chi connectivity index (χ0v) is 19.7. The van der Waals surface area contributed by atoms with E-state index in [2.05, 4.69) is 11.9 Å². The molecule has 0 aliphatic rings. The Kier molecular flexibility index (Phi) is 12.7. The molecule has 0 unspecified atom stereocenters. The third kappa shape index (κ3) is 9.97. The van der Waals surface area contributed by atoms with Crippen molar-refractivity contribution < 1.29 is 18.3 Å². The molecule has 3 nitrogen and oxygen atoms in total. The number of hydrogen-bond donors (Lipinski definition) is 0. The number of hydrogen-bond acceptors (Lipinski definition) is 3. The van der Waals surface area contributed by atoms with Gasteiger partial charge in [-0.2, -0.15) is 0 Å². The average Bonchev–Trinajstić information content (AvgIpc) is 2.83. The smallest absolute Gasteiger partial charge is 0.165 e. The van der Waals surface area contributed by atoms with Gasteiger partial charge in [0, 0.05) is 5.56 Å². The number of aromatic nitrogens is 1. The largest absolute Gasteiger partial charge is 0.494 e. The number of unbranched alkanes of at least 4 members (excludes halogenated alkanes) is 7. The Bertz CT molecular complexity index is 721. The summed E-state index contributed by atoms with van der Waals surface area (Å²) >= 11 is 0. The van der Waals surface area contributed by atoms with E-state index in [9.17, 15) is 8.78 Å². The van der Waals surface area contributed by atoms with Crippen molar-refractivity contribution in [2.75, 3.05) is 13.2 Å². The number of rotatable bonds is 17. The lowest BCUT2D eigenvalue weighted by Gasteiger charge is -2.14. The summed E-state index contributed by atoms with van der Waals surface area (Å²) in [5.41, 5.74) is 1.76. The molecule has 5 heteroatoms. The lowest BCUT2D eigenvalue weighted by atomic mass is 10.1. The van der Waals surface area contributed by atoms with E-state index in [-0.39, 0.29) is 13.0 Å². The Morgan fingerprint density at radius 2 is 1.38 bits per heavy atom. The maximum absolute atomic E-state index is 13.9. The lowest BCUT2D eigenvalue weighted by Crippen LogP contribution is -2.24. The predicted octanol–water partition coefficient (Wildman–Crippen LogP) is 8.12. The van der Waals surface area contributed by atoms with Crippen molar-refractivity contribution in [3.05, 3.63) is 42.6 Å². The minimum atomic E-state index is -1.62. The first kappa shape index (κ1) is 26.1. The molecule has 0 amide bonds.